The topological polar surface area (TPSA) is 59.4 Å². The molecule has 1 aromatic carbocycles. The zero-order chi connectivity index (χ0) is 20.3. The van der Waals surface area contributed by atoms with Gasteiger partial charge in [0.2, 0.25) is 5.91 Å². The molecule has 0 bridgehead atoms. The zero-order valence-electron chi connectivity index (χ0n) is 15.2. The molecule has 2 aromatic rings. The fraction of sp³-hybridized carbons (Fsp3) is 0.444. The number of benzene rings is 1. The number of morpholine rings is 1. The highest BCUT2D eigenvalue weighted by atomic mass is 79.9. The number of aromatic nitrogens is 2. The number of hydrogen-bond donors (Lipinski definition) is 1. The van der Waals surface area contributed by atoms with E-state index in [-0.39, 0.29) is 16.7 Å². The van der Waals surface area contributed by atoms with Crippen LogP contribution in [0.1, 0.15) is 17.0 Å². The van der Waals surface area contributed by atoms with Crippen LogP contribution in [0, 0.1) is 6.92 Å². The Morgan fingerprint density at radius 1 is 1.32 bits per heavy atom. The number of ether oxygens (including phenoxy) is 1. The third-order valence-electron chi connectivity index (χ3n) is 4.42. The predicted molar refractivity (Wildman–Crippen MR) is 101 cm³/mol. The van der Waals surface area contributed by atoms with Gasteiger partial charge in [-0.2, -0.15) is 18.3 Å². The van der Waals surface area contributed by atoms with Gasteiger partial charge in [-0.05, 0) is 40.5 Å². The Bertz CT molecular complexity index is 848. The van der Waals surface area contributed by atoms with Gasteiger partial charge in [0.25, 0.3) is 0 Å². The van der Waals surface area contributed by atoms with Crippen molar-refractivity contribution in [3.63, 3.8) is 0 Å². The van der Waals surface area contributed by atoms with Gasteiger partial charge >= 0.3 is 6.18 Å². The first kappa shape index (κ1) is 20.8. The minimum atomic E-state index is -4.58. The van der Waals surface area contributed by atoms with Crippen molar-refractivity contribution >= 4 is 27.5 Å². The molecule has 1 saturated heterocycles. The highest BCUT2D eigenvalue weighted by molar-refractivity contribution is 9.10. The number of nitrogens with zero attached hydrogens (tertiary/aromatic N) is 3. The van der Waals surface area contributed by atoms with Gasteiger partial charge in [-0.3, -0.25) is 14.4 Å². The lowest BCUT2D eigenvalue weighted by Crippen LogP contribution is -2.35. The van der Waals surface area contributed by atoms with Gasteiger partial charge in [0.05, 0.1) is 23.4 Å². The molecule has 1 N–H and O–H groups in total. The lowest BCUT2D eigenvalue weighted by molar-refractivity contribution is -0.142. The Labute approximate surface area is 168 Å². The summed E-state index contributed by atoms with van der Waals surface area (Å²) in [6, 6.07) is 7.41. The summed E-state index contributed by atoms with van der Waals surface area (Å²) >= 11 is 2.90. The molecule has 0 atom stereocenters. The van der Waals surface area contributed by atoms with Crippen LogP contribution >= 0.6 is 15.9 Å². The first-order chi connectivity index (χ1) is 13.2. The van der Waals surface area contributed by atoms with Crippen LogP contribution in [-0.2, 0) is 28.8 Å². The molecule has 2 heterocycles. The van der Waals surface area contributed by atoms with Crippen LogP contribution in [0.4, 0.5) is 18.9 Å². The smallest absolute Gasteiger partial charge is 0.379 e. The predicted octanol–water partition coefficient (Wildman–Crippen LogP) is 3.44. The van der Waals surface area contributed by atoms with Crippen LogP contribution in [0.5, 0.6) is 0 Å². The van der Waals surface area contributed by atoms with E-state index in [1.807, 2.05) is 18.2 Å². The summed E-state index contributed by atoms with van der Waals surface area (Å²) in [5.74, 6) is -0.449. The number of carbonyl (C=O) groups is 1. The Hall–Kier alpha value is -1.91. The van der Waals surface area contributed by atoms with Crippen LogP contribution in [0.25, 0.3) is 0 Å². The molecule has 1 aromatic heterocycles. The van der Waals surface area contributed by atoms with Crippen molar-refractivity contribution in [1.29, 1.82) is 0 Å². The van der Waals surface area contributed by atoms with Crippen molar-refractivity contribution < 1.29 is 22.7 Å². The van der Waals surface area contributed by atoms with Crippen molar-refractivity contribution in [2.75, 3.05) is 31.6 Å². The summed E-state index contributed by atoms with van der Waals surface area (Å²) < 4.78 is 45.1. The molecule has 152 valence electrons. The molecular formula is C18H20BrF3N4O2. The van der Waals surface area contributed by atoms with E-state index in [1.165, 1.54) is 6.92 Å². The highest BCUT2D eigenvalue weighted by Gasteiger charge is 2.38. The maximum atomic E-state index is 12.9. The van der Waals surface area contributed by atoms with Gasteiger partial charge in [0.15, 0.2) is 5.69 Å². The van der Waals surface area contributed by atoms with Gasteiger partial charge in [-0.1, -0.05) is 12.1 Å². The molecule has 1 aliphatic rings. The van der Waals surface area contributed by atoms with Gasteiger partial charge in [-0.15, -0.1) is 0 Å². The number of nitrogens with one attached hydrogen (secondary N) is 1. The molecule has 10 heteroatoms. The fourth-order valence-electron chi connectivity index (χ4n) is 2.96. The molecule has 0 saturated carbocycles. The number of rotatable bonds is 5. The van der Waals surface area contributed by atoms with Gasteiger partial charge < -0.3 is 10.1 Å². The van der Waals surface area contributed by atoms with Gasteiger partial charge in [0.1, 0.15) is 6.54 Å². The maximum Gasteiger partial charge on any atom is 0.436 e. The summed E-state index contributed by atoms with van der Waals surface area (Å²) in [6.07, 6.45) is -4.58. The summed E-state index contributed by atoms with van der Waals surface area (Å²) in [5, 5.41) is 6.25. The fourth-order valence-corrected chi connectivity index (χ4v) is 3.47. The summed E-state index contributed by atoms with van der Waals surface area (Å²) in [7, 11) is 0. The van der Waals surface area contributed by atoms with Crippen LogP contribution < -0.4 is 5.32 Å². The van der Waals surface area contributed by atoms with E-state index in [4.69, 9.17) is 4.74 Å². The van der Waals surface area contributed by atoms with Crippen molar-refractivity contribution in [3.8, 4) is 0 Å². The van der Waals surface area contributed by atoms with Crippen molar-refractivity contribution in [1.82, 2.24) is 14.7 Å². The molecule has 0 spiro atoms. The Morgan fingerprint density at radius 2 is 2.04 bits per heavy atom. The minimum absolute atomic E-state index is 0.152. The average Bonchev–Trinajstić information content (AvgIpc) is 2.91. The van der Waals surface area contributed by atoms with Crippen LogP contribution in [0.15, 0.2) is 28.7 Å². The molecule has 28 heavy (non-hydrogen) atoms. The molecule has 3 rings (SSSR count). The van der Waals surface area contributed by atoms with Crippen LogP contribution in [0.2, 0.25) is 0 Å². The lowest BCUT2D eigenvalue weighted by atomic mass is 10.2. The highest BCUT2D eigenvalue weighted by Crippen LogP contribution is 2.35. The van der Waals surface area contributed by atoms with Crippen molar-refractivity contribution in [3.05, 3.63) is 45.7 Å². The molecular weight excluding hydrogens is 441 g/mol. The molecule has 6 nitrogen and oxygen atoms in total. The quantitative estimate of drug-likeness (QED) is 0.742. The van der Waals surface area contributed by atoms with E-state index in [1.54, 1.807) is 6.07 Å². The van der Waals surface area contributed by atoms with E-state index in [0.29, 0.717) is 18.9 Å². The first-order valence-corrected chi connectivity index (χ1v) is 9.52. The standard InChI is InChI=1S/C18H20BrF3N4O2/c1-12-16(19)17(18(20,21)22)24-26(12)11-15(27)23-14-4-2-3-13(9-14)10-25-5-7-28-8-6-25/h2-4,9H,5-8,10-11H2,1H3,(H,23,27). The number of halogens is 4. The Morgan fingerprint density at radius 3 is 2.68 bits per heavy atom. The monoisotopic (exact) mass is 460 g/mol. The minimum Gasteiger partial charge on any atom is -0.379 e. The van der Waals surface area contributed by atoms with E-state index in [9.17, 15) is 18.0 Å². The van der Waals surface area contributed by atoms with E-state index in [0.717, 1.165) is 29.9 Å². The molecule has 0 aliphatic carbocycles. The number of hydrogen-bond acceptors (Lipinski definition) is 4. The summed E-state index contributed by atoms with van der Waals surface area (Å²) in [4.78, 5) is 14.6. The molecule has 1 fully saturated rings. The first-order valence-electron chi connectivity index (χ1n) is 8.73. The van der Waals surface area contributed by atoms with Crippen molar-refractivity contribution in [2.24, 2.45) is 0 Å². The van der Waals surface area contributed by atoms with E-state index in [2.05, 4.69) is 31.2 Å². The number of alkyl halides is 3. The van der Waals surface area contributed by atoms with E-state index < -0.39 is 17.8 Å². The Balaban J connectivity index is 1.64. The van der Waals surface area contributed by atoms with Gasteiger partial charge in [-0.25, -0.2) is 0 Å². The largest absolute Gasteiger partial charge is 0.436 e. The third kappa shape index (κ3) is 5.12. The summed E-state index contributed by atoms with van der Waals surface area (Å²) in [5.41, 5.74) is 0.835. The molecule has 0 unspecified atom stereocenters. The number of carbonyl (C=O) groups excluding carboxylic acids is 1. The molecule has 1 amide bonds. The normalized spacial score (nSPS) is 15.6. The second-order valence-electron chi connectivity index (χ2n) is 6.54. The maximum absolute atomic E-state index is 12.9. The molecule has 1 aliphatic heterocycles. The Kier molecular flexibility index (Phi) is 6.41. The average molecular weight is 461 g/mol. The third-order valence-corrected chi connectivity index (χ3v) is 5.37. The van der Waals surface area contributed by atoms with Crippen LogP contribution in [-0.4, -0.2) is 46.9 Å². The lowest BCUT2D eigenvalue weighted by Gasteiger charge is -2.26. The summed E-state index contributed by atoms with van der Waals surface area (Å²) in [6.45, 7) is 5.02. The molecule has 0 radical (unpaired) electrons. The zero-order valence-corrected chi connectivity index (χ0v) is 16.8. The second kappa shape index (κ2) is 8.62. The van der Waals surface area contributed by atoms with E-state index >= 15 is 0 Å². The number of anilines is 1. The van der Waals surface area contributed by atoms with Crippen LogP contribution in [0.3, 0.4) is 0 Å². The van der Waals surface area contributed by atoms with Crippen molar-refractivity contribution in [2.45, 2.75) is 26.2 Å². The second-order valence-corrected chi connectivity index (χ2v) is 7.33. The van der Waals surface area contributed by atoms with Gasteiger partial charge in [0, 0.05) is 25.3 Å². The number of amides is 1. The SMILES string of the molecule is Cc1c(Br)c(C(F)(F)F)nn1CC(=O)Nc1cccc(CN2CCOCC2)c1.